The van der Waals surface area contributed by atoms with Gasteiger partial charge in [0.05, 0.1) is 11.8 Å². The molecule has 1 unspecified atom stereocenters. The van der Waals surface area contributed by atoms with Gasteiger partial charge < -0.3 is 9.47 Å². The van der Waals surface area contributed by atoms with E-state index in [9.17, 15) is 9.59 Å². The Kier molecular flexibility index (Phi) is 3.61. The van der Waals surface area contributed by atoms with E-state index < -0.39 is 11.0 Å². The Labute approximate surface area is 96.3 Å². The van der Waals surface area contributed by atoms with Gasteiger partial charge in [0.25, 0.3) is 0 Å². The van der Waals surface area contributed by atoms with Crippen molar-refractivity contribution < 1.29 is 19.1 Å². The molecule has 4 heteroatoms. The van der Waals surface area contributed by atoms with Crippen LogP contribution >= 0.6 is 0 Å². The number of esters is 2. The second-order valence-electron chi connectivity index (χ2n) is 5.00. The van der Waals surface area contributed by atoms with E-state index in [0.717, 1.165) is 0 Å². The summed E-state index contributed by atoms with van der Waals surface area (Å²) in [4.78, 5) is 23.0. The van der Waals surface area contributed by atoms with Crippen molar-refractivity contribution in [1.29, 1.82) is 0 Å². The summed E-state index contributed by atoms with van der Waals surface area (Å²) in [6.07, 6.45) is 1.49. The van der Waals surface area contributed by atoms with Gasteiger partial charge in [-0.2, -0.15) is 0 Å². The number of hydrogen-bond donors (Lipinski definition) is 0. The second-order valence-corrected chi connectivity index (χ2v) is 5.00. The third-order valence-corrected chi connectivity index (χ3v) is 3.35. The number of hydrogen-bond acceptors (Lipinski definition) is 4. The van der Waals surface area contributed by atoms with E-state index in [2.05, 4.69) is 0 Å². The monoisotopic (exact) mass is 228 g/mol. The van der Waals surface area contributed by atoms with Gasteiger partial charge in [-0.1, -0.05) is 13.8 Å². The van der Waals surface area contributed by atoms with E-state index in [1.54, 1.807) is 0 Å². The van der Waals surface area contributed by atoms with Crippen LogP contribution in [0.2, 0.25) is 0 Å². The topological polar surface area (TPSA) is 52.6 Å². The van der Waals surface area contributed by atoms with Crippen molar-refractivity contribution in [1.82, 2.24) is 0 Å². The van der Waals surface area contributed by atoms with Gasteiger partial charge in [0.15, 0.2) is 5.60 Å². The Bertz CT molecular complexity index is 295. The SMILES string of the molecule is CCC1(OC(=O)C(C)(C)CC)COC(=O)C1. The smallest absolute Gasteiger partial charge is 0.312 e. The lowest BCUT2D eigenvalue weighted by atomic mass is 9.89. The second kappa shape index (κ2) is 4.44. The van der Waals surface area contributed by atoms with Crippen LogP contribution in [0.4, 0.5) is 0 Å². The van der Waals surface area contributed by atoms with Gasteiger partial charge in [-0.25, -0.2) is 0 Å². The van der Waals surface area contributed by atoms with Crippen LogP contribution in [0.15, 0.2) is 0 Å². The summed E-state index contributed by atoms with van der Waals surface area (Å²) in [5.74, 6) is -0.542. The summed E-state index contributed by atoms with van der Waals surface area (Å²) in [5, 5.41) is 0. The van der Waals surface area contributed by atoms with Gasteiger partial charge in [-0.3, -0.25) is 9.59 Å². The molecule has 0 aromatic carbocycles. The fraction of sp³-hybridized carbons (Fsp3) is 0.833. The first-order valence-corrected chi connectivity index (χ1v) is 5.74. The molecule has 1 fully saturated rings. The van der Waals surface area contributed by atoms with E-state index in [1.165, 1.54) is 0 Å². The molecule has 0 aliphatic carbocycles. The Morgan fingerprint density at radius 3 is 2.50 bits per heavy atom. The molecule has 4 nitrogen and oxygen atoms in total. The van der Waals surface area contributed by atoms with E-state index in [-0.39, 0.29) is 25.0 Å². The van der Waals surface area contributed by atoms with Crippen LogP contribution in [-0.2, 0) is 19.1 Å². The predicted molar refractivity (Wildman–Crippen MR) is 58.8 cm³/mol. The molecule has 0 aromatic heterocycles. The summed E-state index contributed by atoms with van der Waals surface area (Å²) in [6, 6.07) is 0. The molecular formula is C12H20O4. The number of rotatable bonds is 4. The van der Waals surface area contributed by atoms with Gasteiger partial charge in [-0.15, -0.1) is 0 Å². The average Bonchev–Trinajstić information content (AvgIpc) is 2.60. The standard InChI is InChI=1S/C12H20O4/c1-5-11(3,4)10(14)16-12(6-2)7-9(13)15-8-12/h5-8H2,1-4H3. The molecule has 1 saturated heterocycles. The van der Waals surface area contributed by atoms with Gasteiger partial charge >= 0.3 is 11.9 Å². The molecule has 0 saturated carbocycles. The predicted octanol–water partition coefficient (Wildman–Crippen LogP) is 2.06. The first kappa shape index (κ1) is 13.0. The van der Waals surface area contributed by atoms with Crippen molar-refractivity contribution in [3.63, 3.8) is 0 Å². The Hall–Kier alpha value is -1.06. The molecule has 0 N–H and O–H groups in total. The molecule has 0 spiro atoms. The van der Waals surface area contributed by atoms with Crippen LogP contribution in [0.3, 0.4) is 0 Å². The maximum absolute atomic E-state index is 11.9. The summed E-state index contributed by atoms with van der Waals surface area (Å²) in [6.45, 7) is 7.71. The first-order chi connectivity index (χ1) is 7.35. The van der Waals surface area contributed by atoms with Crippen molar-refractivity contribution >= 4 is 11.9 Å². The number of carbonyl (C=O) groups excluding carboxylic acids is 2. The molecule has 1 aliphatic heterocycles. The van der Waals surface area contributed by atoms with Crippen LogP contribution in [0.1, 0.15) is 47.0 Å². The minimum atomic E-state index is -0.736. The third-order valence-electron chi connectivity index (χ3n) is 3.35. The lowest BCUT2D eigenvalue weighted by molar-refractivity contribution is -0.171. The summed E-state index contributed by atoms with van der Waals surface area (Å²) >= 11 is 0. The zero-order valence-corrected chi connectivity index (χ0v) is 10.5. The zero-order chi connectivity index (χ0) is 12.4. The fourth-order valence-electron chi connectivity index (χ4n) is 1.42. The number of ether oxygens (including phenoxy) is 2. The highest BCUT2D eigenvalue weighted by Gasteiger charge is 2.44. The van der Waals surface area contributed by atoms with Crippen molar-refractivity contribution in [2.45, 2.75) is 52.6 Å². The molecular weight excluding hydrogens is 208 g/mol. The van der Waals surface area contributed by atoms with Crippen molar-refractivity contribution in [2.75, 3.05) is 6.61 Å². The Morgan fingerprint density at radius 1 is 1.50 bits per heavy atom. The minimum absolute atomic E-state index is 0.176. The summed E-state index contributed by atoms with van der Waals surface area (Å²) < 4.78 is 10.4. The maximum Gasteiger partial charge on any atom is 0.312 e. The van der Waals surface area contributed by atoms with E-state index in [1.807, 2.05) is 27.7 Å². The van der Waals surface area contributed by atoms with Crippen molar-refractivity contribution in [3.8, 4) is 0 Å². The molecule has 0 radical (unpaired) electrons. The van der Waals surface area contributed by atoms with Crippen molar-refractivity contribution in [3.05, 3.63) is 0 Å². The van der Waals surface area contributed by atoms with E-state index >= 15 is 0 Å². The first-order valence-electron chi connectivity index (χ1n) is 5.74. The van der Waals surface area contributed by atoms with Crippen molar-refractivity contribution in [2.24, 2.45) is 5.41 Å². The molecule has 1 rings (SSSR count). The van der Waals surface area contributed by atoms with Crippen LogP contribution in [-0.4, -0.2) is 24.1 Å². The normalized spacial score (nSPS) is 25.4. The Balaban J connectivity index is 2.71. The summed E-state index contributed by atoms with van der Waals surface area (Å²) in [5.41, 5.74) is -1.24. The number of carbonyl (C=O) groups is 2. The summed E-state index contributed by atoms with van der Waals surface area (Å²) in [7, 11) is 0. The molecule has 0 amide bonds. The zero-order valence-electron chi connectivity index (χ0n) is 10.5. The quantitative estimate of drug-likeness (QED) is 0.691. The molecule has 92 valence electrons. The van der Waals surface area contributed by atoms with Crippen LogP contribution in [0.5, 0.6) is 0 Å². The van der Waals surface area contributed by atoms with Crippen LogP contribution in [0.25, 0.3) is 0 Å². The van der Waals surface area contributed by atoms with E-state index in [4.69, 9.17) is 9.47 Å². The molecule has 1 atom stereocenters. The highest BCUT2D eigenvalue weighted by atomic mass is 16.6. The van der Waals surface area contributed by atoms with Gasteiger partial charge in [0, 0.05) is 0 Å². The highest BCUT2D eigenvalue weighted by molar-refractivity contribution is 5.78. The Morgan fingerprint density at radius 2 is 2.12 bits per heavy atom. The third kappa shape index (κ3) is 2.54. The molecule has 0 aromatic rings. The largest absolute Gasteiger partial charge is 0.461 e. The maximum atomic E-state index is 11.9. The lowest BCUT2D eigenvalue weighted by Crippen LogP contribution is -2.40. The number of cyclic esters (lactones) is 1. The minimum Gasteiger partial charge on any atom is -0.461 e. The van der Waals surface area contributed by atoms with Gasteiger partial charge in [-0.05, 0) is 26.7 Å². The van der Waals surface area contributed by atoms with Crippen LogP contribution in [0, 0.1) is 5.41 Å². The average molecular weight is 228 g/mol. The molecule has 16 heavy (non-hydrogen) atoms. The van der Waals surface area contributed by atoms with E-state index in [0.29, 0.717) is 12.8 Å². The van der Waals surface area contributed by atoms with Gasteiger partial charge in [0.1, 0.15) is 6.61 Å². The highest BCUT2D eigenvalue weighted by Crippen LogP contribution is 2.32. The van der Waals surface area contributed by atoms with Gasteiger partial charge in [0.2, 0.25) is 0 Å². The molecule has 1 aliphatic rings. The fourth-order valence-corrected chi connectivity index (χ4v) is 1.42. The molecule has 0 bridgehead atoms. The lowest BCUT2D eigenvalue weighted by Gasteiger charge is -2.30. The van der Waals surface area contributed by atoms with Crippen LogP contribution < -0.4 is 0 Å². The molecule has 1 heterocycles.